The molecule has 0 aliphatic carbocycles. The zero-order valence-electron chi connectivity index (χ0n) is 14.2. The molecule has 1 aliphatic rings. The zero-order valence-corrected chi connectivity index (χ0v) is 15.1. The van der Waals surface area contributed by atoms with Crippen molar-refractivity contribution in [2.45, 2.75) is 12.8 Å². The minimum absolute atomic E-state index is 0.0224. The van der Waals surface area contributed by atoms with Gasteiger partial charge in [0.1, 0.15) is 17.0 Å². The fourth-order valence-corrected chi connectivity index (χ4v) is 4.38. The molecule has 8 nitrogen and oxygen atoms in total. The molecule has 27 heavy (non-hydrogen) atoms. The lowest BCUT2D eigenvalue weighted by Gasteiger charge is -2.32. The lowest BCUT2D eigenvalue weighted by Crippen LogP contribution is -2.39. The van der Waals surface area contributed by atoms with Gasteiger partial charge in [0, 0.05) is 36.2 Å². The van der Waals surface area contributed by atoms with Crippen molar-refractivity contribution in [3.8, 4) is 11.1 Å². The maximum absolute atomic E-state index is 11.4. The fourth-order valence-electron chi connectivity index (χ4n) is 3.47. The zero-order chi connectivity index (χ0) is 19.0. The van der Waals surface area contributed by atoms with E-state index in [0.29, 0.717) is 18.8 Å². The third kappa shape index (κ3) is 3.21. The van der Waals surface area contributed by atoms with Gasteiger partial charge in [0.2, 0.25) is 0 Å². The van der Waals surface area contributed by atoms with E-state index in [2.05, 4.69) is 9.97 Å². The molecule has 0 radical (unpaired) electrons. The van der Waals surface area contributed by atoms with Crippen molar-refractivity contribution in [1.82, 2.24) is 9.97 Å². The van der Waals surface area contributed by atoms with Crippen molar-refractivity contribution in [3.05, 3.63) is 46.1 Å². The summed E-state index contributed by atoms with van der Waals surface area (Å²) >= 11 is 1.44. The van der Waals surface area contributed by atoms with Gasteiger partial charge in [0.25, 0.3) is 5.69 Å². The smallest absolute Gasteiger partial charge is 0.308 e. The second-order valence-corrected chi connectivity index (χ2v) is 7.32. The number of piperidine rings is 1. The van der Waals surface area contributed by atoms with Crippen LogP contribution in [0, 0.1) is 16.0 Å². The Morgan fingerprint density at radius 2 is 2.22 bits per heavy atom. The van der Waals surface area contributed by atoms with Crippen molar-refractivity contribution < 1.29 is 14.8 Å². The number of hydrogen-bond acceptors (Lipinski definition) is 7. The lowest BCUT2D eigenvalue weighted by molar-refractivity contribution is -0.384. The lowest BCUT2D eigenvalue weighted by atomic mass is 9.97. The van der Waals surface area contributed by atoms with Gasteiger partial charge in [0.15, 0.2) is 0 Å². The normalized spacial score (nSPS) is 17.2. The Morgan fingerprint density at radius 3 is 3.00 bits per heavy atom. The summed E-state index contributed by atoms with van der Waals surface area (Å²) in [5.74, 6) is -0.536. The minimum Gasteiger partial charge on any atom is -0.481 e. The Kier molecular flexibility index (Phi) is 4.44. The maximum atomic E-state index is 11.4. The Hall–Kier alpha value is -3.07. The Morgan fingerprint density at radius 1 is 1.37 bits per heavy atom. The third-order valence-electron chi connectivity index (χ3n) is 4.79. The van der Waals surface area contributed by atoms with Crippen LogP contribution in [0.5, 0.6) is 0 Å². The van der Waals surface area contributed by atoms with Crippen molar-refractivity contribution in [3.63, 3.8) is 0 Å². The quantitative estimate of drug-likeness (QED) is 0.541. The van der Waals surface area contributed by atoms with Crippen LogP contribution in [0.2, 0.25) is 0 Å². The summed E-state index contributed by atoms with van der Waals surface area (Å²) in [6.07, 6.45) is 2.91. The molecule has 1 N–H and O–H groups in total. The SMILES string of the molecule is O=C(O)C1CCCN(c2ncnc3scc(-c4cccc([N+](=O)[O-])c4)c23)C1. The number of nitro groups is 1. The van der Waals surface area contributed by atoms with Crippen molar-refractivity contribution in [1.29, 1.82) is 0 Å². The Labute approximate surface area is 158 Å². The van der Waals surface area contributed by atoms with Gasteiger partial charge < -0.3 is 10.0 Å². The number of non-ortho nitro benzene ring substituents is 1. The minimum atomic E-state index is -0.797. The predicted octanol–water partition coefficient (Wildman–Crippen LogP) is 3.57. The van der Waals surface area contributed by atoms with E-state index in [1.807, 2.05) is 16.3 Å². The van der Waals surface area contributed by atoms with Crippen LogP contribution in [0.1, 0.15) is 12.8 Å². The van der Waals surface area contributed by atoms with Crippen molar-refractivity contribution in [2.75, 3.05) is 18.0 Å². The van der Waals surface area contributed by atoms with E-state index in [1.54, 1.807) is 6.07 Å². The van der Waals surface area contributed by atoms with Crippen LogP contribution in [-0.4, -0.2) is 39.1 Å². The first kappa shape index (κ1) is 17.3. The molecule has 2 aromatic heterocycles. The molecule has 0 saturated carbocycles. The van der Waals surface area contributed by atoms with E-state index in [-0.39, 0.29) is 5.69 Å². The highest BCUT2D eigenvalue weighted by Gasteiger charge is 2.28. The van der Waals surface area contributed by atoms with Gasteiger partial charge in [0.05, 0.1) is 16.2 Å². The van der Waals surface area contributed by atoms with Crippen LogP contribution in [-0.2, 0) is 4.79 Å². The molecule has 3 heterocycles. The highest BCUT2D eigenvalue weighted by Crippen LogP contribution is 2.39. The molecule has 1 unspecified atom stereocenters. The summed E-state index contributed by atoms with van der Waals surface area (Å²) in [6, 6.07) is 6.47. The molecular weight excluding hydrogens is 368 g/mol. The Bertz CT molecular complexity index is 1040. The van der Waals surface area contributed by atoms with Gasteiger partial charge in [-0.25, -0.2) is 9.97 Å². The number of aliphatic carboxylic acids is 1. The van der Waals surface area contributed by atoms with Gasteiger partial charge in [-0.15, -0.1) is 11.3 Å². The fraction of sp³-hybridized carbons (Fsp3) is 0.278. The summed E-state index contributed by atoms with van der Waals surface area (Å²) < 4.78 is 0. The second-order valence-electron chi connectivity index (χ2n) is 6.46. The van der Waals surface area contributed by atoms with Gasteiger partial charge in [-0.3, -0.25) is 14.9 Å². The second kappa shape index (κ2) is 6.92. The standard InChI is InChI=1S/C18H16N4O4S/c23-18(24)12-4-2-6-21(8-12)16-15-14(9-27-17(15)20-10-19-16)11-3-1-5-13(7-11)22(25)26/h1,3,5,7,9-10,12H,2,4,6,8H2,(H,23,24). The molecule has 1 saturated heterocycles. The number of carboxylic acid groups (broad SMARTS) is 1. The molecule has 1 aliphatic heterocycles. The monoisotopic (exact) mass is 384 g/mol. The van der Waals surface area contributed by atoms with Gasteiger partial charge >= 0.3 is 5.97 Å². The first-order chi connectivity index (χ1) is 13.0. The molecule has 9 heteroatoms. The summed E-state index contributed by atoms with van der Waals surface area (Å²) in [4.78, 5) is 33.6. The van der Waals surface area contributed by atoms with E-state index in [0.717, 1.165) is 34.3 Å². The molecule has 1 atom stereocenters. The summed E-state index contributed by atoms with van der Waals surface area (Å²) in [6.45, 7) is 1.12. The number of carbonyl (C=O) groups is 1. The number of nitrogens with zero attached hydrogens (tertiary/aromatic N) is 4. The number of benzene rings is 1. The molecule has 1 aromatic carbocycles. The number of anilines is 1. The third-order valence-corrected chi connectivity index (χ3v) is 5.67. The first-order valence-corrected chi connectivity index (χ1v) is 9.37. The number of rotatable bonds is 4. The molecule has 3 aromatic rings. The number of thiophene rings is 1. The molecular formula is C18H16N4O4S. The molecule has 138 valence electrons. The number of carboxylic acids is 1. The number of hydrogen-bond donors (Lipinski definition) is 1. The van der Waals surface area contributed by atoms with E-state index in [1.165, 1.54) is 29.8 Å². The van der Waals surface area contributed by atoms with Crippen LogP contribution < -0.4 is 4.90 Å². The van der Waals surface area contributed by atoms with E-state index in [4.69, 9.17) is 0 Å². The largest absolute Gasteiger partial charge is 0.481 e. The van der Waals surface area contributed by atoms with Gasteiger partial charge in [-0.05, 0) is 18.4 Å². The van der Waals surface area contributed by atoms with Crippen LogP contribution in [0.15, 0.2) is 36.0 Å². The van der Waals surface area contributed by atoms with Crippen LogP contribution in [0.4, 0.5) is 11.5 Å². The highest BCUT2D eigenvalue weighted by atomic mass is 32.1. The number of fused-ring (bicyclic) bond motifs is 1. The summed E-state index contributed by atoms with van der Waals surface area (Å²) in [5.41, 5.74) is 1.57. The molecule has 0 bridgehead atoms. The van der Waals surface area contributed by atoms with Crippen LogP contribution in [0.25, 0.3) is 21.3 Å². The predicted molar refractivity (Wildman–Crippen MR) is 102 cm³/mol. The number of aromatic nitrogens is 2. The van der Waals surface area contributed by atoms with E-state index in [9.17, 15) is 20.0 Å². The van der Waals surface area contributed by atoms with Crippen LogP contribution >= 0.6 is 11.3 Å². The van der Waals surface area contributed by atoms with Gasteiger partial charge in [-0.2, -0.15) is 0 Å². The van der Waals surface area contributed by atoms with E-state index >= 15 is 0 Å². The molecule has 0 spiro atoms. The highest BCUT2D eigenvalue weighted by molar-refractivity contribution is 7.17. The first-order valence-electron chi connectivity index (χ1n) is 8.49. The maximum Gasteiger partial charge on any atom is 0.308 e. The average molecular weight is 384 g/mol. The van der Waals surface area contributed by atoms with Crippen LogP contribution in [0.3, 0.4) is 0 Å². The van der Waals surface area contributed by atoms with Gasteiger partial charge in [-0.1, -0.05) is 12.1 Å². The average Bonchev–Trinajstić information content (AvgIpc) is 3.12. The number of nitro benzene ring substituents is 1. The summed E-state index contributed by atoms with van der Waals surface area (Å²) in [7, 11) is 0. The van der Waals surface area contributed by atoms with E-state index < -0.39 is 16.8 Å². The van der Waals surface area contributed by atoms with Crippen molar-refractivity contribution in [2.24, 2.45) is 5.92 Å². The topological polar surface area (TPSA) is 109 Å². The molecule has 4 rings (SSSR count). The molecule has 0 amide bonds. The summed E-state index contributed by atoms with van der Waals surface area (Å²) in [5, 5.41) is 23.2. The molecule has 1 fully saturated rings. The Balaban J connectivity index is 1.82. The van der Waals surface area contributed by atoms with Crippen molar-refractivity contribution >= 4 is 39.0 Å².